The maximum absolute atomic E-state index is 5.84. The van der Waals surface area contributed by atoms with Gasteiger partial charge in [-0.1, -0.05) is 0 Å². The van der Waals surface area contributed by atoms with Gasteiger partial charge in [0, 0.05) is 13.6 Å². The summed E-state index contributed by atoms with van der Waals surface area (Å²) in [7, 11) is 6.02. The normalized spacial score (nSPS) is 31.1. The van der Waals surface area contributed by atoms with Gasteiger partial charge >= 0.3 is 0 Å². The number of rotatable bonds is 5. The first-order valence-corrected chi connectivity index (χ1v) is 6.96. The summed E-state index contributed by atoms with van der Waals surface area (Å²) in [6, 6.07) is 0.448. The average Bonchev–Trinajstić information content (AvgIpc) is 2.94. The molecule has 2 aliphatic rings. The van der Waals surface area contributed by atoms with Crippen LogP contribution in [0.3, 0.4) is 0 Å². The van der Waals surface area contributed by atoms with Gasteiger partial charge < -0.3 is 20.3 Å². The third kappa shape index (κ3) is 3.59. The maximum Gasteiger partial charge on any atom is 0.191 e. The molecule has 2 aliphatic heterocycles. The van der Waals surface area contributed by atoms with Crippen LogP contribution in [-0.2, 0) is 4.74 Å². The molecule has 0 amide bonds. The van der Waals surface area contributed by atoms with Gasteiger partial charge in [0.2, 0.25) is 0 Å². The lowest BCUT2D eigenvalue weighted by molar-refractivity contribution is 0.0992. The zero-order valence-corrected chi connectivity index (χ0v) is 11.8. The SMILES string of the molecule is CN=C(NCCCN(C)C)NC1CC2CCC1O2. The largest absolute Gasteiger partial charge is 0.373 e. The fourth-order valence-corrected chi connectivity index (χ4v) is 2.76. The van der Waals surface area contributed by atoms with Gasteiger partial charge in [-0.15, -0.1) is 0 Å². The van der Waals surface area contributed by atoms with Crippen LogP contribution >= 0.6 is 0 Å². The molecule has 104 valence electrons. The Balaban J connectivity index is 1.67. The number of aliphatic imine (C=N–C) groups is 1. The fraction of sp³-hybridized carbons (Fsp3) is 0.923. The molecule has 18 heavy (non-hydrogen) atoms. The van der Waals surface area contributed by atoms with Crippen molar-refractivity contribution in [2.24, 2.45) is 4.99 Å². The van der Waals surface area contributed by atoms with Crippen molar-refractivity contribution in [1.82, 2.24) is 15.5 Å². The van der Waals surface area contributed by atoms with E-state index < -0.39 is 0 Å². The number of nitrogens with zero attached hydrogens (tertiary/aromatic N) is 2. The van der Waals surface area contributed by atoms with Crippen molar-refractivity contribution in [2.75, 3.05) is 34.2 Å². The van der Waals surface area contributed by atoms with E-state index in [0.717, 1.165) is 31.9 Å². The highest BCUT2D eigenvalue weighted by molar-refractivity contribution is 5.80. The van der Waals surface area contributed by atoms with E-state index in [0.29, 0.717) is 18.2 Å². The highest BCUT2D eigenvalue weighted by atomic mass is 16.5. The van der Waals surface area contributed by atoms with E-state index in [1.54, 1.807) is 0 Å². The minimum Gasteiger partial charge on any atom is -0.373 e. The topological polar surface area (TPSA) is 48.9 Å². The van der Waals surface area contributed by atoms with Crippen LogP contribution in [0.15, 0.2) is 4.99 Å². The van der Waals surface area contributed by atoms with Crippen LogP contribution in [0, 0.1) is 0 Å². The Morgan fingerprint density at radius 2 is 2.22 bits per heavy atom. The van der Waals surface area contributed by atoms with Crippen molar-refractivity contribution in [3.05, 3.63) is 0 Å². The molecule has 5 nitrogen and oxygen atoms in total. The molecular weight excluding hydrogens is 228 g/mol. The first kappa shape index (κ1) is 13.6. The second-order valence-corrected chi connectivity index (χ2v) is 5.52. The molecule has 3 atom stereocenters. The molecule has 0 aliphatic carbocycles. The van der Waals surface area contributed by atoms with E-state index >= 15 is 0 Å². The van der Waals surface area contributed by atoms with Crippen molar-refractivity contribution in [3.63, 3.8) is 0 Å². The molecule has 2 heterocycles. The van der Waals surface area contributed by atoms with Crippen LogP contribution in [-0.4, -0.2) is 63.3 Å². The standard InChI is InChI=1S/C13H26N4O/c1-14-13(15-7-4-8-17(2)3)16-11-9-10-5-6-12(11)18-10/h10-12H,4-9H2,1-3H3,(H2,14,15,16). The van der Waals surface area contributed by atoms with Crippen LogP contribution in [0.2, 0.25) is 0 Å². The lowest BCUT2D eigenvalue weighted by atomic mass is 9.96. The lowest BCUT2D eigenvalue weighted by Crippen LogP contribution is -2.47. The summed E-state index contributed by atoms with van der Waals surface area (Å²) in [5.74, 6) is 0.912. The molecule has 0 saturated carbocycles. The van der Waals surface area contributed by atoms with Crippen molar-refractivity contribution >= 4 is 5.96 Å². The van der Waals surface area contributed by atoms with Crippen LogP contribution < -0.4 is 10.6 Å². The maximum atomic E-state index is 5.84. The summed E-state index contributed by atoms with van der Waals surface area (Å²) in [6.07, 6.45) is 5.57. The Hall–Kier alpha value is -0.810. The molecule has 2 rings (SSSR count). The molecule has 5 heteroatoms. The van der Waals surface area contributed by atoms with E-state index in [-0.39, 0.29) is 0 Å². The molecule has 2 fully saturated rings. The third-order valence-electron chi connectivity index (χ3n) is 3.73. The smallest absolute Gasteiger partial charge is 0.191 e. The predicted octanol–water partition coefficient (Wildman–Crippen LogP) is 0.423. The summed E-state index contributed by atoms with van der Waals surface area (Å²) in [5.41, 5.74) is 0. The van der Waals surface area contributed by atoms with Gasteiger partial charge in [-0.2, -0.15) is 0 Å². The number of hydrogen-bond donors (Lipinski definition) is 2. The van der Waals surface area contributed by atoms with Crippen molar-refractivity contribution in [3.8, 4) is 0 Å². The minimum absolute atomic E-state index is 0.398. The van der Waals surface area contributed by atoms with Crippen LogP contribution in [0.1, 0.15) is 25.7 Å². The van der Waals surface area contributed by atoms with Crippen LogP contribution in [0.25, 0.3) is 0 Å². The Kier molecular flexibility index (Phi) is 4.83. The van der Waals surface area contributed by atoms with E-state index in [4.69, 9.17) is 4.74 Å². The molecule has 2 N–H and O–H groups in total. The summed E-state index contributed by atoms with van der Waals surface area (Å²) in [4.78, 5) is 6.47. The zero-order valence-electron chi connectivity index (χ0n) is 11.8. The van der Waals surface area contributed by atoms with E-state index in [1.165, 1.54) is 12.8 Å². The number of ether oxygens (including phenoxy) is 1. The van der Waals surface area contributed by atoms with Gasteiger partial charge in [-0.3, -0.25) is 4.99 Å². The molecular formula is C13H26N4O. The first-order valence-electron chi connectivity index (χ1n) is 6.96. The number of guanidine groups is 1. The molecule has 0 spiro atoms. The Labute approximate surface area is 110 Å². The molecule has 2 bridgehead atoms. The lowest BCUT2D eigenvalue weighted by Gasteiger charge is -2.22. The van der Waals surface area contributed by atoms with E-state index in [2.05, 4.69) is 34.6 Å². The Bertz CT molecular complexity index is 293. The van der Waals surface area contributed by atoms with Gasteiger partial charge in [-0.25, -0.2) is 0 Å². The van der Waals surface area contributed by atoms with Gasteiger partial charge in [-0.05, 0) is 46.3 Å². The quantitative estimate of drug-likeness (QED) is 0.424. The molecule has 2 saturated heterocycles. The zero-order chi connectivity index (χ0) is 13.0. The second kappa shape index (κ2) is 6.38. The number of nitrogens with one attached hydrogen (secondary N) is 2. The second-order valence-electron chi connectivity index (χ2n) is 5.52. The Morgan fingerprint density at radius 3 is 2.78 bits per heavy atom. The van der Waals surface area contributed by atoms with Crippen molar-refractivity contribution < 1.29 is 4.74 Å². The number of hydrogen-bond acceptors (Lipinski definition) is 3. The molecule has 3 unspecified atom stereocenters. The monoisotopic (exact) mass is 254 g/mol. The molecule has 0 radical (unpaired) electrons. The predicted molar refractivity (Wildman–Crippen MR) is 74.0 cm³/mol. The van der Waals surface area contributed by atoms with Crippen LogP contribution in [0.5, 0.6) is 0 Å². The minimum atomic E-state index is 0.398. The van der Waals surface area contributed by atoms with Crippen LogP contribution in [0.4, 0.5) is 0 Å². The average molecular weight is 254 g/mol. The van der Waals surface area contributed by atoms with Gasteiger partial charge in [0.25, 0.3) is 0 Å². The fourth-order valence-electron chi connectivity index (χ4n) is 2.76. The number of fused-ring (bicyclic) bond motifs is 2. The molecule has 0 aromatic heterocycles. The summed E-state index contributed by atoms with van der Waals surface area (Å²) >= 11 is 0. The summed E-state index contributed by atoms with van der Waals surface area (Å²) in [5, 5.41) is 6.85. The Morgan fingerprint density at radius 1 is 1.39 bits per heavy atom. The summed E-state index contributed by atoms with van der Waals surface area (Å²) in [6.45, 7) is 2.06. The third-order valence-corrected chi connectivity index (χ3v) is 3.73. The summed E-state index contributed by atoms with van der Waals surface area (Å²) < 4.78 is 5.84. The highest BCUT2D eigenvalue weighted by Gasteiger charge is 2.40. The molecule has 0 aromatic carbocycles. The van der Waals surface area contributed by atoms with E-state index in [9.17, 15) is 0 Å². The van der Waals surface area contributed by atoms with Crippen molar-refractivity contribution in [1.29, 1.82) is 0 Å². The molecule has 0 aromatic rings. The van der Waals surface area contributed by atoms with Gasteiger partial charge in [0.05, 0.1) is 18.2 Å². The van der Waals surface area contributed by atoms with Crippen molar-refractivity contribution in [2.45, 2.75) is 43.9 Å². The van der Waals surface area contributed by atoms with Gasteiger partial charge in [0.15, 0.2) is 5.96 Å². The van der Waals surface area contributed by atoms with Gasteiger partial charge in [0.1, 0.15) is 0 Å². The highest BCUT2D eigenvalue weighted by Crippen LogP contribution is 2.34. The first-order chi connectivity index (χ1) is 8.69. The van der Waals surface area contributed by atoms with E-state index in [1.807, 2.05) is 7.05 Å².